The molecule has 0 saturated heterocycles. The maximum Gasteiger partial charge on any atom is 0.165 e. The van der Waals surface area contributed by atoms with E-state index in [0.717, 1.165) is 12.0 Å². The summed E-state index contributed by atoms with van der Waals surface area (Å²) in [5.41, 5.74) is 4.16. The van der Waals surface area contributed by atoms with Crippen molar-refractivity contribution in [3.63, 3.8) is 0 Å². The fourth-order valence-corrected chi connectivity index (χ4v) is 4.30. The quantitative estimate of drug-likeness (QED) is 0.726. The van der Waals surface area contributed by atoms with Gasteiger partial charge in [0.15, 0.2) is 5.78 Å². The van der Waals surface area contributed by atoms with Crippen molar-refractivity contribution in [3.8, 4) is 0 Å². The van der Waals surface area contributed by atoms with Crippen molar-refractivity contribution in [2.45, 2.75) is 72.8 Å². The number of aromatic nitrogens is 1. The first kappa shape index (κ1) is 13.9. The van der Waals surface area contributed by atoms with Gasteiger partial charge in [0.25, 0.3) is 0 Å². The van der Waals surface area contributed by atoms with E-state index in [1.54, 1.807) is 0 Å². The Bertz CT molecular complexity index is 562. The lowest BCUT2D eigenvalue weighted by atomic mass is 9.76. The Balaban J connectivity index is 2.03. The van der Waals surface area contributed by atoms with Crippen LogP contribution in [0.1, 0.15) is 81.2 Å². The molecule has 1 saturated carbocycles. The second kappa shape index (κ2) is 4.22. The molecule has 1 aromatic heterocycles. The molecule has 20 heavy (non-hydrogen) atoms. The molecule has 0 spiro atoms. The zero-order valence-corrected chi connectivity index (χ0v) is 13.5. The summed E-state index contributed by atoms with van der Waals surface area (Å²) < 4.78 is 2.50. The van der Waals surface area contributed by atoms with Crippen LogP contribution in [0.15, 0.2) is 6.07 Å². The van der Waals surface area contributed by atoms with E-state index in [9.17, 15) is 4.79 Å². The molecule has 1 heterocycles. The molecule has 2 aliphatic rings. The van der Waals surface area contributed by atoms with Crippen LogP contribution in [0.2, 0.25) is 0 Å². The van der Waals surface area contributed by atoms with E-state index < -0.39 is 0 Å². The van der Waals surface area contributed by atoms with E-state index in [0.29, 0.717) is 23.7 Å². The lowest BCUT2D eigenvalue weighted by Gasteiger charge is -2.31. The first-order chi connectivity index (χ1) is 9.19. The first-order valence-corrected chi connectivity index (χ1v) is 7.92. The SMILES string of the molecule is Cc1cc2c(n1C1CCC(C)(C)C1)CC(C)(C)CC2=O. The molecule has 0 aliphatic heterocycles. The smallest absolute Gasteiger partial charge is 0.165 e. The minimum absolute atomic E-state index is 0.112. The van der Waals surface area contributed by atoms with Crippen molar-refractivity contribution in [1.29, 1.82) is 0 Å². The van der Waals surface area contributed by atoms with Crippen molar-refractivity contribution < 1.29 is 4.79 Å². The molecule has 2 aliphatic carbocycles. The molecule has 0 aromatic carbocycles. The summed E-state index contributed by atoms with van der Waals surface area (Å²) in [4.78, 5) is 12.4. The number of carbonyl (C=O) groups excluding carboxylic acids is 1. The molecular formula is C18H27NO. The molecule has 2 heteroatoms. The first-order valence-electron chi connectivity index (χ1n) is 7.92. The van der Waals surface area contributed by atoms with Crippen molar-refractivity contribution in [2.24, 2.45) is 10.8 Å². The predicted molar refractivity (Wildman–Crippen MR) is 82.3 cm³/mol. The number of rotatable bonds is 1. The largest absolute Gasteiger partial charge is 0.345 e. The normalized spacial score (nSPS) is 27.6. The van der Waals surface area contributed by atoms with Gasteiger partial charge in [-0.05, 0) is 49.5 Å². The Morgan fingerprint density at radius 1 is 1.15 bits per heavy atom. The van der Waals surface area contributed by atoms with E-state index in [1.165, 1.54) is 30.7 Å². The maximum absolute atomic E-state index is 12.4. The molecule has 3 rings (SSSR count). The number of ketones is 1. The van der Waals surface area contributed by atoms with Gasteiger partial charge >= 0.3 is 0 Å². The molecule has 1 aromatic rings. The van der Waals surface area contributed by atoms with Crippen LogP contribution in [0, 0.1) is 17.8 Å². The summed E-state index contributed by atoms with van der Waals surface area (Å²) in [7, 11) is 0. The van der Waals surface area contributed by atoms with Gasteiger partial charge in [-0.2, -0.15) is 0 Å². The number of nitrogens with zero attached hydrogens (tertiary/aromatic N) is 1. The molecule has 1 atom stereocenters. The van der Waals surface area contributed by atoms with Crippen LogP contribution >= 0.6 is 0 Å². The molecule has 0 radical (unpaired) electrons. The third-order valence-electron chi connectivity index (χ3n) is 5.23. The van der Waals surface area contributed by atoms with E-state index in [2.05, 4.69) is 45.3 Å². The van der Waals surface area contributed by atoms with Gasteiger partial charge in [-0.25, -0.2) is 0 Å². The zero-order valence-electron chi connectivity index (χ0n) is 13.5. The highest BCUT2D eigenvalue weighted by Gasteiger charge is 2.38. The summed E-state index contributed by atoms with van der Waals surface area (Å²) in [6.07, 6.45) is 5.52. The summed E-state index contributed by atoms with van der Waals surface area (Å²) in [6.45, 7) is 11.4. The molecule has 110 valence electrons. The van der Waals surface area contributed by atoms with E-state index in [1.807, 2.05) is 0 Å². The van der Waals surface area contributed by atoms with Gasteiger partial charge in [0.05, 0.1) is 0 Å². The number of hydrogen-bond acceptors (Lipinski definition) is 1. The monoisotopic (exact) mass is 273 g/mol. The highest BCUT2D eigenvalue weighted by atomic mass is 16.1. The number of Topliss-reactive ketones (excluding diaryl/α,β-unsaturated/α-hetero) is 1. The molecule has 2 nitrogen and oxygen atoms in total. The van der Waals surface area contributed by atoms with Gasteiger partial charge in [0, 0.05) is 29.4 Å². The Morgan fingerprint density at radius 3 is 2.45 bits per heavy atom. The molecule has 1 unspecified atom stereocenters. The predicted octanol–water partition coefficient (Wildman–Crippen LogP) is 4.70. The lowest BCUT2D eigenvalue weighted by Crippen LogP contribution is -2.28. The third kappa shape index (κ3) is 2.23. The maximum atomic E-state index is 12.4. The molecule has 0 amide bonds. The van der Waals surface area contributed by atoms with Crippen LogP contribution < -0.4 is 0 Å². The van der Waals surface area contributed by atoms with Crippen LogP contribution in [0.25, 0.3) is 0 Å². The van der Waals surface area contributed by atoms with Crippen molar-refractivity contribution in [1.82, 2.24) is 4.57 Å². The number of fused-ring (bicyclic) bond motifs is 1. The van der Waals surface area contributed by atoms with Gasteiger partial charge < -0.3 is 4.57 Å². The molecule has 0 N–H and O–H groups in total. The van der Waals surface area contributed by atoms with Crippen LogP contribution in [0.4, 0.5) is 0 Å². The Hall–Kier alpha value is -1.05. The van der Waals surface area contributed by atoms with Gasteiger partial charge in [0.2, 0.25) is 0 Å². The fraction of sp³-hybridized carbons (Fsp3) is 0.722. The van der Waals surface area contributed by atoms with E-state index in [-0.39, 0.29) is 5.41 Å². The van der Waals surface area contributed by atoms with Gasteiger partial charge in [0.1, 0.15) is 0 Å². The van der Waals surface area contributed by atoms with Crippen LogP contribution in [0.3, 0.4) is 0 Å². The minimum atomic E-state index is 0.112. The van der Waals surface area contributed by atoms with E-state index >= 15 is 0 Å². The van der Waals surface area contributed by atoms with Gasteiger partial charge in [-0.3, -0.25) is 4.79 Å². The van der Waals surface area contributed by atoms with Crippen LogP contribution in [0.5, 0.6) is 0 Å². The number of hydrogen-bond donors (Lipinski definition) is 0. The second-order valence-electron chi connectivity index (χ2n) is 8.52. The number of carbonyl (C=O) groups is 1. The average Bonchev–Trinajstić information content (AvgIpc) is 2.77. The second-order valence-corrected chi connectivity index (χ2v) is 8.52. The fourth-order valence-electron chi connectivity index (χ4n) is 4.30. The highest BCUT2D eigenvalue weighted by molar-refractivity contribution is 5.99. The minimum Gasteiger partial charge on any atom is -0.345 e. The summed E-state index contributed by atoms with van der Waals surface area (Å²) in [5, 5.41) is 0. The Morgan fingerprint density at radius 2 is 1.85 bits per heavy atom. The third-order valence-corrected chi connectivity index (χ3v) is 5.23. The Labute approximate surface area is 122 Å². The summed E-state index contributed by atoms with van der Waals surface area (Å²) >= 11 is 0. The van der Waals surface area contributed by atoms with Crippen molar-refractivity contribution >= 4 is 5.78 Å². The van der Waals surface area contributed by atoms with Gasteiger partial charge in [-0.15, -0.1) is 0 Å². The topological polar surface area (TPSA) is 22.0 Å². The Kier molecular flexibility index (Phi) is 2.94. The van der Waals surface area contributed by atoms with E-state index in [4.69, 9.17) is 0 Å². The van der Waals surface area contributed by atoms with Crippen LogP contribution in [-0.4, -0.2) is 10.4 Å². The zero-order chi connectivity index (χ0) is 14.7. The molecule has 1 fully saturated rings. The van der Waals surface area contributed by atoms with Crippen molar-refractivity contribution in [3.05, 3.63) is 23.0 Å². The highest BCUT2D eigenvalue weighted by Crippen LogP contribution is 2.46. The molecule has 0 bridgehead atoms. The summed E-state index contributed by atoms with van der Waals surface area (Å²) in [6, 6.07) is 2.73. The average molecular weight is 273 g/mol. The van der Waals surface area contributed by atoms with Gasteiger partial charge in [-0.1, -0.05) is 27.7 Å². The molecular weight excluding hydrogens is 246 g/mol. The van der Waals surface area contributed by atoms with Crippen molar-refractivity contribution in [2.75, 3.05) is 0 Å². The lowest BCUT2D eigenvalue weighted by molar-refractivity contribution is 0.0909. The standard InChI is InChI=1S/C18H27NO/c1-12-8-14-15(10-18(4,5)11-16(14)20)19(12)13-6-7-17(2,3)9-13/h8,13H,6-7,9-11H2,1-5H3. The van der Waals surface area contributed by atoms with Crippen LogP contribution in [-0.2, 0) is 6.42 Å². The number of aryl methyl sites for hydroxylation is 1. The summed E-state index contributed by atoms with van der Waals surface area (Å²) in [5.74, 6) is 0.343.